The molecular formula is C24H13Cl5N2O6. The molecule has 0 aromatic heterocycles. The highest BCUT2D eigenvalue weighted by Crippen LogP contribution is 2.39. The Morgan fingerprint density at radius 3 is 1.41 bits per heavy atom. The van der Waals surface area contributed by atoms with Crippen molar-refractivity contribution in [3.63, 3.8) is 0 Å². The second kappa shape index (κ2) is 12.8. The molecule has 0 heterocycles. The molecule has 0 saturated carbocycles. The first-order valence-corrected chi connectivity index (χ1v) is 11.9. The summed E-state index contributed by atoms with van der Waals surface area (Å²) in [6.07, 6.45) is 0. The second-order valence-electron chi connectivity index (χ2n) is 6.98. The zero-order valence-corrected chi connectivity index (χ0v) is 22.0. The highest BCUT2D eigenvalue weighted by molar-refractivity contribution is 6.40. The summed E-state index contributed by atoms with van der Waals surface area (Å²) < 4.78 is 11.0. The van der Waals surface area contributed by atoms with E-state index in [0.29, 0.717) is 32.3 Å². The molecule has 0 aliphatic rings. The molecule has 0 N–H and O–H groups in total. The van der Waals surface area contributed by atoms with Crippen LogP contribution in [-0.4, -0.2) is 9.85 Å². The first kappa shape index (κ1) is 28.3. The number of nitrogens with zero attached hydrogens (tertiary/aromatic N) is 2. The number of hydrogen-bond acceptors (Lipinski definition) is 6. The molecule has 0 spiro atoms. The molecular weight excluding hydrogens is 590 g/mol. The molecule has 0 atom stereocenters. The number of ether oxygens (including phenoxy) is 2. The van der Waals surface area contributed by atoms with E-state index in [1.807, 2.05) is 0 Å². The van der Waals surface area contributed by atoms with E-state index < -0.39 is 9.85 Å². The lowest BCUT2D eigenvalue weighted by atomic mass is 10.3. The van der Waals surface area contributed by atoms with Gasteiger partial charge in [-0.2, -0.15) is 0 Å². The van der Waals surface area contributed by atoms with Crippen LogP contribution >= 0.6 is 58.0 Å². The zero-order valence-electron chi connectivity index (χ0n) is 18.2. The summed E-state index contributed by atoms with van der Waals surface area (Å²) in [6, 6.07) is 19.1. The lowest BCUT2D eigenvalue weighted by molar-refractivity contribution is -0.385. The third-order valence-corrected chi connectivity index (χ3v) is 5.71. The predicted octanol–water partition coefficient (Wildman–Crippen LogP) is 10.0. The van der Waals surface area contributed by atoms with Gasteiger partial charge in [-0.15, -0.1) is 0 Å². The standard InChI is InChI=1S/C12H6Cl3NO3.C12H7Cl2NO3/c13-7-5-10(14)12(11(15)6-7)19-9-3-1-8(2-4-9)16(17)18;13-8-1-6-12(11(14)7-8)18-10-4-2-9(3-5-10)15(16)17/h1-6H;1-7H. The van der Waals surface area contributed by atoms with Crippen LogP contribution < -0.4 is 9.47 Å². The summed E-state index contributed by atoms with van der Waals surface area (Å²) in [7, 11) is 0. The molecule has 0 bridgehead atoms. The summed E-state index contributed by atoms with van der Waals surface area (Å²) >= 11 is 29.4. The quantitative estimate of drug-likeness (QED) is 0.161. The Balaban J connectivity index is 0.000000206. The molecule has 190 valence electrons. The van der Waals surface area contributed by atoms with Gasteiger partial charge in [-0.05, 0) is 54.6 Å². The molecule has 4 aromatic carbocycles. The normalized spacial score (nSPS) is 10.2. The van der Waals surface area contributed by atoms with Gasteiger partial charge in [-0.25, -0.2) is 0 Å². The van der Waals surface area contributed by atoms with E-state index in [1.54, 1.807) is 18.2 Å². The van der Waals surface area contributed by atoms with Crippen molar-refractivity contribution < 1.29 is 19.3 Å². The summed E-state index contributed by atoms with van der Waals surface area (Å²) in [5.74, 6) is 1.54. The van der Waals surface area contributed by atoms with E-state index in [2.05, 4.69) is 0 Å². The van der Waals surface area contributed by atoms with Gasteiger partial charge in [0, 0.05) is 34.3 Å². The van der Waals surface area contributed by atoms with Gasteiger partial charge in [-0.1, -0.05) is 58.0 Å². The number of halogens is 5. The highest BCUT2D eigenvalue weighted by atomic mass is 35.5. The second-order valence-corrected chi connectivity index (χ2v) is 9.07. The Hall–Kier alpha value is -3.27. The fourth-order valence-electron chi connectivity index (χ4n) is 2.70. The van der Waals surface area contributed by atoms with Gasteiger partial charge in [0.05, 0.1) is 24.9 Å². The van der Waals surface area contributed by atoms with Crippen LogP contribution in [0.2, 0.25) is 25.1 Å². The minimum absolute atomic E-state index is 0.00422. The van der Waals surface area contributed by atoms with Crippen LogP contribution in [0.4, 0.5) is 11.4 Å². The molecule has 0 aliphatic carbocycles. The lowest BCUT2D eigenvalue weighted by Crippen LogP contribution is -1.89. The fraction of sp³-hybridized carbons (Fsp3) is 0. The van der Waals surface area contributed by atoms with Crippen molar-refractivity contribution in [2.45, 2.75) is 0 Å². The van der Waals surface area contributed by atoms with Crippen LogP contribution in [0.5, 0.6) is 23.0 Å². The van der Waals surface area contributed by atoms with Gasteiger partial charge in [0.15, 0.2) is 5.75 Å². The number of hydrogen-bond donors (Lipinski definition) is 0. The minimum Gasteiger partial charge on any atom is -0.456 e. The Labute approximate surface area is 235 Å². The van der Waals surface area contributed by atoms with E-state index in [9.17, 15) is 20.2 Å². The van der Waals surface area contributed by atoms with Gasteiger partial charge in [0.25, 0.3) is 11.4 Å². The third kappa shape index (κ3) is 8.11. The highest BCUT2D eigenvalue weighted by Gasteiger charge is 2.12. The van der Waals surface area contributed by atoms with E-state index in [4.69, 9.17) is 67.5 Å². The summed E-state index contributed by atoms with van der Waals surface area (Å²) in [6.45, 7) is 0. The number of nitro groups is 2. The number of non-ortho nitro benzene ring substituents is 2. The molecule has 37 heavy (non-hydrogen) atoms. The number of benzene rings is 4. The Morgan fingerprint density at radius 1 is 0.541 bits per heavy atom. The van der Waals surface area contributed by atoms with Crippen LogP contribution in [0.1, 0.15) is 0 Å². The SMILES string of the molecule is O=[N+]([O-])c1ccc(Oc2c(Cl)cc(Cl)cc2Cl)cc1.O=[N+]([O-])c1ccc(Oc2ccc(Cl)cc2Cl)cc1. The van der Waals surface area contributed by atoms with Crippen molar-refractivity contribution in [1.29, 1.82) is 0 Å². The molecule has 4 aromatic rings. The van der Waals surface area contributed by atoms with Crippen molar-refractivity contribution in [2.75, 3.05) is 0 Å². The zero-order chi connectivity index (χ0) is 27.1. The van der Waals surface area contributed by atoms with Crippen LogP contribution in [-0.2, 0) is 0 Å². The van der Waals surface area contributed by atoms with Crippen molar-refractivity contribution in [3.05, 3.63) is 124 Å². The molecule has 0 aliphatic heterocycles. The van der Waals surface area contributed by atoms with Gasteiger partial charge in [0.2, 0.25) is 0 Å². The molecule has 0 unspecified atom stereocenters. The monoisotopic (exact) mass is 600 g/mol. The van der Waals surface area contributed by atoms with Gasteiger partial charge in [0.1, 0.15) is 17.2 Å². The van der Waals surface area contributed by atoms with Gasteiger partial charge in [-0.3, -0.25) is 20.2 Å². The Morgan fingerprint density at radius 2 is 0.973 bits per heavy atom. The molecule has 0 radical (unpaired) electrons. The van der Waals surface area contributed by atoms with Gasteiger partial charge < -0.3 is 9.47 Å². The average molecular weight is 603 g/mol. The van der Waals surface area contributed by atoms with Crippen LogP contribution in [0, 0.1) is 20.2 Å². The molecule has 13 heteroatoms. The van der Waals surface area contributed by atoms with Crippen molar-refractivity contribution >= 4 is 69.4 Å². The van der Waals surface area contributed by atoms with Crippen molar-refractivity contribution in [3.8, 4) is 23.0 Å². The molecule has 8 nitrogen and oxygen atoms in total. The number of rotatable bonds is 6. The van der Waals surface area contributed by atoms with Crippen molar-refractivity contribution in [2.24, 2.45) is 0 Å². The van der Waals surface area contributed by atoms with Crippen LogP contribution in [0.25, 0.3) is 0 Å². The lowest BCUT2D eigenvalue weighted by Gasteiger charge is -2.09. The largest absolute Gasteiger partial charge is 0.456 e. The van der Waals surface area contributed by atoms with Crippen LogP contribution in [0.3, 0.4) is 0 Å². The maximum absolute atomic E-state index is 10.5. The van der Waals surface area contributed by atoms with Gasteiger partial charge >= 0.3 is 0 Å². The Kier molecular flexibility index (Phi) is 9.79. The maximum atomic E-state index is 10.5. The Bertz CT molecular complexity index is 1410. The summed E-state index contributed by atoms with van der Waals surface area (Å²) in [5, 5.41) is 22.8. The average Bonchev–Trinajstić information content (AvgIpc) is 2.84. The fourth-order valence-corrected chi connectivity index (χ4v) is 4.04. The van der Waals surface area contributed by atoms with Crippen molar-refractivity contribution in [1.82, 2.24) is 0 Å². The smallest absolute Gasteiger partial charge is 0.269 e. The topological polar surface area (TPSA) is 105 Å². The van der Waals surface area contributed by atoms with Crippen LogP contribution in [0.15, 0.2) is 78.9 Å². The summed E-state index contributed by atoms with van der Waals surface area (Å²) in [5.41, 5.74) is -0.0230. The van der Waals surface area contributed by atoms with E-state index >= 15 is 0 Å². The minimum atomic E-state index is -0.494. The predicted molar refractivity (Wildman–Crippen MR) is 144 cm³/mol. The van der Waals surface area contributed by atoms with E-state index in [0.717, 1.165) is 0 Å². The third-order valence-electron chi connectivity index (χ3n) is 4.40. The molecule has 0 amide bonds. The van der Waals surface area contributed by atoms with E-state index in [-0.39, 0.29) is 27.2 Å². The maximum Gasteiger partial charge on any atom is 0.269 e. The number of nitro benzene ring substituents is 2. The first-order chi connectivity index (χ1) is 17.5. The molecule has 0 fully saturated rings. The van der Waals surface area contributed by atoms with E-state index in [1.165, 1.54) is 60.7 Å². The molecule has 0 saturated heterocycles. The molecule has 4 rings (SSSR count). The first-order valence-electron chi connectivity index (χ1n) is 9.97. The summed E-state index contributed by atoms with van der Waals surface area (Å²) in [4.78, 5) is 20.0.